The minimum absolute atomic E-state index is 0.143. The zero-order valence-electron chi connectivity index (χ0n) is 20.8. The summed E-state index contributed by atoms with van der Waals surface area (Å²) in [5, 5.41) is 5.14. The number of aromatic nitrogens is 2. The topological polar surface area (TPSA) is 76.6 Å². The van der Waals surface area contributed by atoms with Gasteiger partial charge in [-0.1, -0.05) is 11.3 Å². The Kier molecular flexibility index (Phi) is 8.70. The van der Waals surface area contributed by atoms with Gasteiger partial charge in [-0.3, -0.25) is 4.79 Å². The van der Waals surface area contributed by atoms with Gasteiger partial charge in [0.1, 0.15) is 6.10 Å². The van der Waals surface area contributed by atoms with E-state index >= 15 is 0 Å². The van der Waals surface area contributed by atoms with E-state index in [1.165, 1.54) is 36.4 Å². The van der Waals surface area contributed by atoms with Gasteiger partial charge < -0.3 is 19.7 Å². The van der Waals surface area contributed by atoms with E-state index in [0.717, 1.165) is 85.8 Å². The number of nitrogens with one attached hydrogen (secondary N) is 1. The molecule has 2 fully saturated rings. The smallest absolute Gasteiger partial charge is 0.273 e. The summed E-state index contributed by atoms with van der Waals surface area (Å²) < 4.78 is 11.6. The van der Waals surface area contributed by atoms with Crippen LogP contribution in [0.3, 0.4) is 0 Å². The summed E-state index contributed by atoms with van der Waals surface area (Å²) in [4.78, 5) is 26.6. The number of hydrogen-bond acceptors (Lipinski definition) is 8. The largest absolute Gasteiger partial charge is 0.467 e. The molecule has 35 heavy (non-hydrogen) atoms. The molecule has 1 N–H and O–H groups in total. The summed E-state index contributed by atoms with van der Waals surface area (Å²) in [5.74, 6) is 0.922. The number of amides is 1. The summed E-state index contributed by atoms with van der Waals surface area (Å²) in [6.45, 7) is 6.97. The molecule has 7 nitrogen and oxygen atoms in total. The number of carbonyl (C=O) groups is 1. The van der Waals surface area contributed by atoms with Gasteiger partial charge in [0.2, 0.25) is 5.91 Å². The zero-order valence-corrected chi connectivity index (χ0v) is 22.4. The van der Waals surface area contributed by atoms with Crippen molar-refractivity contribution in [2.45, 2.75) is 83.3 Å². The molecule has 0 bridgehead atoms. The SMILES string of the molecule is Cc1ncc(CC(=O)NC2CCC(CCN3CCc4nc(OC5CCOCC5)sc4CC3)CC2)s1. The third-order valence-electron chi connectivity index (χ3n) is 7.58. The Bertz CT molecular complexity index is 938. The lowest BCUT2D eigenvalue weighted by atomic mass is 9.84. The highest BCUT2D eigenvalue weighted by Crippen LogP contribution is 2.31. The van der Waals surface area contributed by atoms with Crippen molar-refractivity contribution in [2.75, 3.05) is 32.8 Å². The fraction of sp³-hybridized carbons (Fsp3) is 0.731. The Morgan fingerprint density at radius 3 is 2.71 bits per heavy atom. The maximum absolute atomic E-state index is 12.4. The normalized spacial score (nSPS) is 24.0. The van der Waals surface area contributed by atoms with E-state index in [2.05, 4.69) is 15.2 Å². The van der Waals surface area contributed by atoms with Crippen LogP contribution in [0.25, 0.3) is 0 Å². The van der Waals surface area contributed by atoms with Gasteiger partial charge in [0.15, 0.2) is 0 Å². The average Bonchev–Trinajstić information content (AvgIpc) is 3.39. The second kappa shape index (κ2) is 12.1. The number of fused-ring (bicyclic) bond motifs is 1. The van der Waals surface area contributed by atoms with Crippen molar-refractivity contribution in [1.29, 1.82) is 0 Å². The summed E-state index contributed by atoms with van der Waals surface area (Å²) in [5.41, 5.74) is 1.25. The number of rotatable bonds is 8. The highest BCUT2D eigenvalue weighted by atomic mass is 32.1. The van der Waals surface area contributed by atoms with E-state index < -0.39 is 0 Å². The van der Waals surface area contributed by atoms with Crippen molar-refractivity contribution in [2.24, 2.45) is 5.92 Å². The number of nitrogens with zero attached hydrogens (tertiary/aromatic N) is 3. The van der Waals surface area contributed by atoms with Gasteiger partial charge in [-0.25, -0.2) is 9.97 Å². The Hall–Kier alpha value is -1.55. The number of hydrogen-bond donors (Lipinski definition) is 1. The van der Waals surface area contributed by atoms with Crippen molar-refractivity contribution in [3.63, 3.8) is 0 Å². The fourth-order valence-corrected chi connectivity index (χ4v) is 7.28. The van der Waals surface area contributed by atoms with Crippen LogP contribution in [0, 0.1) is 12.8 Å². The average molecular weight is 519 g/mol. The Balaban J connectivity index is 0.990. The highest BCUT2D eigenvalue weighted by Gasteiger charge is 2.25. The molecular weight excluding hydrogens is 480 g/mol. The van der Waals surface area contributed by atoms with Gasteiger partial charge >= 0.3 is 0 Å². The molecule has 0 spiro atoms. The standard InChI is InChI=1S/C26H38N4O3S2/c1-18-27-17-22(34-18)16-25(31)28-20-4-2-19(3-5-20)6-11-30-12-7-23-24(8-13-30)35-26(29-23)33-21-9-14-32-15-10-21/h17,19-21H,2-16H2,1H3,(H,28,31). The molecule has 0 unspecified atom stereocenters. The van der Waals surface area contributed by atoms with Crippen molar-refractivity contribution in [3.8, 4) is 5.19 Å². The number of aryl methyl sites for hydroxylation is 1. The molecule has 0 aromatic carbocycles. The van der Waals surface area contributed by atoms with Gasteiger partial charge in [0.25, 0.3) is 5.19 Å². The van der Waals surface area contributed by atoms with Crippen LogP contribution in [0.5, 0.6) is 5.19 Å². The lowest BCUT2D eigenvalue weighted by molar-refractivity contribution is -0.121. The number of thiazole rings is 2. The zero-order chi connectivity index (χ0) is 24.0. The van der Waals surface area contributed by atoms with E-state index in [1.54, 1.807) is 22.7 Å². The number of ether oxygens (including phenoxy) is 2. The van der Waals surface area contributed by atoms with E-state index in [-0.39, 0.29) is 12.0 Å². The molecule has 2 aromatic rings. The predicted molar refractivity (Wildman–Crippen MR) is 139 cm³/mol. The lowest BCUT2D eigenvalue weighted by Crippen LogP contribution is -2.38. The predicted octanol–water partition coefficient (Wildman–Crippen LogP) is 4.17. The molecule has 192 valence electrons. The molecule has 1 saturated carbocycles. The van der Waals surface area contributed by atoms with Crippen molar-refractivity contribution >= 4 is 28.6 Å². The lowest BCUT2D eigenvalue weighted by Gasteiger charge is -2.30. The Morgan fingerprint density at radius 1 is 1.14 bits per heavy atom. The molecule has 1 aliphatic carbocycles. The van der Waals surface area contributed by atoms with Crippen LogP contribution in [-0.4, -0.2) is 65.8 Å². The Morgan fingerprint density at radius 2 is 1.94 bits per heavy atom. The van der Waals surface area contributed by atoms with Crippen molar-refractivity contribution < 1.29 is 14.3 Å². The third-order valence-corrected chi connectivity index (χ3v) is 9.54. The first-order valence-corrected chi connectivity index (χ1v) is 14.9. The fourth-order valence-electron chi connectivity index (χ4n) is 5.48. The summed E-state index contributed by atoms with van der Waals surface area (Å²) in [7, 11) is 0. The van der Waals surface area contributed by atoms with Crippen LogP contribution in [0.1, 0.15) is 65.4 Å². The summed E-state index contributed by atoms with van der Waals surface area (Å²) >= 11 is 3.37. The molecule has 5 rings (SSSR count). The molecule has 9 heteroatoms. The first-order chi connectivity index (χ1) is 17.1. The monoisotopic (exact) mass is 518 g/mol. The summed E-state index contributed by atoms with van der Waals surface area (Å²) in [6.07, 6.45) is 12.5. The van der Waals surface area contributed by atoms with Gasteiger partial charge in [-0.15, -0.1) is 11.3 Å². The van der Waals surface area contributed by atoms with Crippen LogP contribution in [0.2, 0.25) is 0 Å². The van der Waals surface area contributed by atoms with Crippen LogP contribution in [0.4, 0.5) is 0 Å². The quantitative estimate of drug-likeness (QED) is 0.565. The molecule has 0 atom stereocenters. The molecule has 1 saturated heterocycles. The molecule has 0 radical (unpaired) electrons. The minimum Gasteiger partial charge on any atom is -0.467 e. The maximum atomic E-state index is 12.4. The molecule has 1 amide bonds. The van der Waals surface area contributed by atoms with Gasteiger partial charge in [0.05, 0.1) is 30.3 Å². The van der Waals surface area contributed by atoms with Crippen molar-refractivity contribution in [1.82, 2.24) is 20.2 Å². The highest BCUT2D eigenvalue weighted by molar-refractivity contribution is 7.13. The molecule has 2 aromatic heterocycles. The van der Waals surface area contributed by atoms with Gasteiger partial charge in [-0.2, -0.15) is 0 Å². The second-order valence-electron chi connectivity index (χ2n) is 10.2. The van der Waals surface area contributed by atoms with Crippen LogP contribution in [-0.2, 0) is 28.8 Å². The first kappa shape index (κ1) is 25.1. The maximum Gasteiger partial charge on any atom is 0.273 e. The Labute approximate surface area is 216 Å². The van der Waals surface area contributed by atoms with Crippen LogP contribution >= 0.6 is 22.7 Å². The second-order valence-corrected chi connectivity index (χ2v) is 12.6. The van der Waals surface area contributed by atoms with E-state index in [1.807, 2.05) is 13.1 Å². The molecular formula is C26H38N4O3S2. The minimum atomic E-state index is 0.143. The number of carbonyl (C=O) groups excluding carboxylic acids is 1. The first-order valence-electron chi connectivity index (χ1n) is 13.3. The molecule has 4 heterocycles. The third kappa shape index (κ3) is 7.24. The van der Waals surface area contributed by atoms with E-state index in [9.17, 15) is 4.79 Å². The van der Waals surface area contributed by atoms with Crippen LogP contribution < -0.4 is 10.1 Å². The van der Waals surface area contributed by atoms with Gasteiger partial charge in [0, 0.05) is 54.3 Å². The van der Waals surface area contributed by atoms with Crippen molar-refractivity contribution in [3.05, 3.63) is 26.7 Å². The van der Waals surface area contributed by atoms with E-state index in [0.29, 0.717) is 12.5 Å². The van der Waals surface area contributed by atoms with Crippen LogP contribution in [0.15, 0.2) is 6.20 Å². The molecule has 3 aliphatic rings. The van der Waals surface area contributed by atoms with Gasteiger partial charge in [-0.05, 0) is 57.9 Å². The summed E-state index contributed by atoms with van der Waals surface area (Å²) in [6, 6.07) is 0.338. The molecule has 2 aliphatic heterocycles. The van der Waals surface area contributed by atoms with E-state index in [4.69, 9.17) is 14.5 Å².